The van der Waals surface area contributed by atoms with Crippen LogP contribution in [0.4, 0.5) is 0 Å². The molecule has 1 aliphatic rings. The number of nitrogens with one attached hydrogen (secondary N) is 2. The highest BCUT2D eigenvalue weighted by Crippen LogP contribution is 2.15. The van der Waals surface area contributed by atoms with E-state index in [4.69, 9.17) is 9.47 Å². The molecule has 1 fully saturated rings. The zero-order valence-corrected chi connectivity index (χ0v) is 19.8. The molecule has 1 saturated heterocycles. The number of aliphatic imine (C=N–C) groups is 1. The van der Waals surface area contributed by atoms with Crippen LogP contribution >= 0.6 is 35.3 Å². The van der Waals surface area contributed by atoms with Gasteiger partial charge in [0.15, 0.2) is 5.96 Å². The van der Waals surface area contributed by atoms with Crippen molar-refractivity contribution < 1.29 is 9.47 Å². The van der Waals surface area contributed by atoms with Gasteiger partial charge in [0.05, 0.1) is 5.01 Å². The van der Waals surface area contributed by atoms with Crippen molar-refractivity contribution in [1.29, 1.82) is 0 Å². The van der Waals surface area contributed by atoms with Gasteiger partial charge in [0, 0.05) is 63.6 Å². The van der Waals surface area contributed by atoms with Gasteiger partial charge in [-0.2, -0.15) is 0 Å². The molecule has 156 valence electrons. The van der Waals surface area contributed by atoms with Crippen LogP contribution in [0.25, 0.3) is 0 Å². The van der Waals surface area contributed by atoms with Gasteiger partial charge in [0.2, 0.25) is 0 Å². The maximum atomic E-state index is 5.79. The van der Waals surface area contributed by atoms with Crippen molar-refractivity contribution in [2.75, 3.05) is 46.1 Å². The fourth-order valence-electron chi connectivity index (χ4n) is 2.78. The van der Waals surface area contributed by atoms with Crippen LogP contribution in [-0.4, -0.2) is 57.0 Å². The molecule has 1 aromatic heterocycles. The quantitative estimate of drug-likeness (QED) is 0.207. The Morgan fingerprint density at radius 1 is 1.33 bits per heavy atom. The Balaban J connectivity index is 0.00000364. The second kappa shape index (κ2) is 15.5. The number of ether oxygens (including phenoxy) is 2. The van der Waals surface area contributed by atoms with Crippen molar-refractivity contribution in [1.82, 2.24) is 15.6 Å². The highest BCUT2D eigenvalue weighted by molar-refractivity contribution is 14.0. The zero-order chi connectivity index (χ0) is 18.5. The van der Waals surface area contributed by atoms with Crippen LogP contribution in [0, 0.1) is 5.92 Å². The highest BCUT2D eigenvalue weighted by Gasteiger charge is 2.13. The fourth-order valence-corrected chi connectivity index (χ4v) is 3.64. The number of thiazole rings is 1. The molecule has 0 radical (unpaired) electrons. The van der Waals surface area contributed by atoms with E-state index in [1.165, 1.54) is 9.88 Å². The maximum absolute atomic E-state index is 5.79. The molecule has 8 heteroatoms. The van der Waals surface area contributed by atoms with E-state index in [0.717, 1.165) is 84.1 Å². The van der Waals surface area contributed by atoms with E-state index in [1.54, 1.807) is 11.3 Å². The standard InChI is InChI=1S/C19H34N4O2S.HI/c1-3-17-14-23-18(26-17)6-10-22-19(20-4-2)21-9-5-11-25-15-16-7-12-24-13-8-16;/h14,16H,3-13,15H2,1-2H3,(H2,20,21,22);1H. The summed E-state index contributed by atoms with van der Waals surface area (Å²) < 4.78 is 11.2. The smallest absolute Gasteiger partial charge is 0.191 e. The van der Waals surface area contributed by atoms with Crippen LogP contribution in [-0.2, 0) is 22.3 Å². The van der Waals surface area contributed by atoms with Crippen molar-refractivity contribution in [3.8, 4) is 0 Å². The SMILES string of the molecule is CCNC(=NCCCOCC1CCOCC1)NCCc1ncc(CC)s1.I. The van der Waals surface area contributed by atoms with Gasteiger partial charge in [-0.05, 0) is 38.5 Å². The molecule has 0 amide bonds. The monoisotopic (exact) mass is 510 g/mol. The van der Waals surface area contributed by atoms with Crippen molar-refractivity contribution in [3.05, 3.63) is 16.1 Å². The molecule has 1 aromatic rings. The minimum absolute atomic E-state index is 0. The van der Waals surface area contributed by atoms with E-state index in [1.807, 2.05) is 6.20 Å². The molecular formula is C19H35IN4O2S. The summed E-state index contributed by atoms with van der Waals surface area (Å²) in [7, 11) is 0. The second-order valence-corrected chi connectivity index (χ2v) is 7.70. The number of rotatable bonds is 11. The van der Waals surface area contributed by atoms with E-state index >= 15 is 0 Å². The molecule has 6 nitrogen and oxygen atoms in total. The van der Waals surface area contributed by atoms with Gasteiger partial charge >= 0.3 is 0 Å². The van der Waals surface area contributed by atoms with Gasteiger partial charge in [-0.15, -0.1) is 35.3 Å². The summed E-state index contributed by atoms with van der Waals surface area (Å²) in [4.78, 5) is 10.4. The Labute approximate surface area is 184 Å². The lowest BCUT2D eigenvalue weighted by Crippen LogP contribution is -2.38. The summed E-state index contributed by atoms with van der Waals surface area (Å²) in [6.45, 7) is 10.2. The van der Waals surface area contributed by atoms with Gasteiger partial charge in [-0.3, -0.25) is 4.99 Å². The molecular weight excluding hydrogens is 475 g/mol. The van der Waals surface area contributed by atoms with Gasteiger partial charge in [-0.1, -0.05) is 6.92 Å². The molecule has 2 rings (SSSR count). The third kappa shape index (κ3) is 10.6. The van der Waals surface area contributed by atoms with Gasteiger partial charge in [-0.25, -0.2) is 4.98 Å². The lowest BCUT2D eigenvalue weighted by atomic mass is 10.0. The number of halogens is 1. The average molecular weight is 510 g/mol. The molecule has 0 atom stereocenters. The summed E-state index contributed by atoms with van der Waals surface area (Å²) in [5.41, 5.74) is 0. The van der Waals surface area contributed by atoms with E-state index in [-0.39, 0.29) is 24.0 Å². The minimum atomic E-state index is 0. The molecule has 0 unspecified atom stereocenters. The number of hydrogen-bond donors (Lipinski definition) is 2. The normalized spacial score (nSPS) is 15.4. The Hall–Kier alpha value is -0.450. The summed E-state index contributed by atoms with van der Waals surface area (Å²) in [5, 5.41) is 7.87. The third-order valence-electron chi connectivity index (χ3n) is 4.34. The van der Waals surface area contributed by atoms with Crippen molar-refractivity contribution in [3.63, 3.8) is 0 Å². The number of nitrogens with zero attached hydrogens (tertiary/aromatic N) is 2. The Morgan fingerprint density at radius 3 is 2.85 bits per heavy atom. The van der Waals surface area contributed by atoms with Crippen LogP contribution in [0.3, 0.4) is 0 Å². The predicted molar refractivity (Wildman–Crippen MR) is 124 cm³/mol. The summed E-state index contributed by atoms with van der Waals surface area (Å²) in [5.74, 6) is 1.55. The Bertz CT molecular complexity index is 522. The molecule has 0 spiro atoms. The van der Waals surface area contributed by atoms with Crippen LogP contribution in [0.5, 0.6) is 0 Å². The van der Waals surface area contributed by atoms with Crippen LogP contribution < -0.4 is 10.6 Å². The Kier molecular flexibility index (Phi) is 14.1. The van der Waals surface area contributed by atoms with Crippen LogP contribution in [0.15, 0.2) is 11.2 Å². The molecule has 1 aliphatic heterocycles. The molecule has 27 heavy (non-hydrogen) atoms. The molecule has 0 saturated carbocycles. The first-order valence-corrected chi connectivity index (χ1v) is 10.7. The lowest BCUT2D eigenvalue weighted by Gasteiger charge is -2.21. The molecule has 0 bridgehead atoms. The van der Waals surface area contributed by atoms with E-state index in [2.05, 4.69) is 34.5 Å². The van der Waals surface area contributed by atoms with Crippen LogP contribution in [0.2, 0.25) is 0 Å². The topological polar surface area (TPSA) is 67.8 Å². The summed E-state index contributed by atoms with van der Waals surface area (Å²) in [6.07, 6.45) is 7.19. The number of aromatic nitrogens is 1. The van der Waals surface area contributed by atoms with E-state index < -0.39 is 0 Å². The average Bonchev–Trinajstić information content (AvgIpc) is 3.13. The second-order valence-electron chi connectivity index (χ2n) is 6.50. The lowest BCUT2D eigenvalue weighted by molar-refractivity contribution is 0.0205. The first kappa shape index (κ1) is 24.6. The van der Waals surface area contributed by atoms with Crippen molar-refractivity contribution >= 4 is 41.3 Å². The zero-order valence-electron chi connectivity index (χ0n) is 16.7. The fraction of sp³-hybridized carbons (Fsp3) is 0.789. The van der Waals surface area contributed by atoms with Crippen molar-refractivity contribution in [2.24, 2.45) is 10.9 Å². The number of guanidine groups is 1. The van der Waals surface area contributed by atoms with Crippen LogP contribution in [0.1, 0.15) is 43.0 Å². The predicted octanol–water partition coefficient (Wildman–Crippen LogP) is 3.25. The number of hydrogen-bond acceptors (Lipinski definition) is 5. The summed E-state index contributed by atoms with van der Waals surface area (Å²) in [6, 6.07) is 0. The molecule has 2 heterocycles. The first-order valence-electron chi connectivity index (χ1n) is 9.93. The summed E-state index contributed by atoms with van der Waals surface area (Å²) >= 11 is 1.80. The van der Waals surface area contributed by atoms with Crippen molar-refractivity contribution in [2.45, 2.75) is 46.0 Å². The largest absolute Gasteiger partial charge is 0.381 e. The third-order valence-corrected chi connectivity index (χ3v) is 5.54. The van der Waals surface area contributed by atoms with Gasteiger partial charge < -0.3 is 20.1 Å². The van der Waals surface area contributed by atoms with Gasteiger partial charge in [0.25, 0.3) is 0 Å². The number of aryl methyl sites for hydroxylation is 1. The van der Waals surface area contributed by atoms with E-state index in [0.29, 0.717) is 5.92 Å². The molecule has 0 aliphatic carbocycles. The maximum Gasteiger partial charge on any atom is 0.191 e. The highest BCUT2D eigenvalue weighted by atomic mass is 127. The van der Waals surface area contributed by atoms with Gasteiger partial charge in [0.1, 0.15) is 0 Å². The Morgan fingerprint density at radius 2 is 2.15 bits per heavy atom. The minimum Gasteiger partial charge on any atom is -0.381 e. The first-order chi connectivity index (χ1) is 12.8. The molecule has 2 N–H and O–H groups in total. The van der Waals surface area contributed by atoms with E-state index in [9.17, 15) is 0 Å². The molecule has 0 aromatic carbocycles.